The molecule has 1 N–H and O–H groups in total. The van der Waals surface area contributed by atoms with Crippen molar-refractivity contribution in [1.29, 1.82) is 0 Å². The van der Waals surface area contributed by atoms with Crippen molar-refractivity contribution >= 4 is 33.1 Å². The van der Waals surface area contributed by atoms with E-state index in [0.717, 1.165) is 55.9 Å². The van der Waals surface area contributed by atoms with Crippen LogP contribution >= 0.6 is 11.3 Å². The van der Waals surface area contributed by atoms with Crippen LogP contribution in [0.25, 0.3) is 11.1 Å². The molecule has 0 bridgehead atoms. The van der Waals surface area contributed by atoms with Crippen molar-refractivity contribution in [2.45, 2.75) is 13.5 Å². The fourth-order valence-electron chi connectivity index (χ4n) is 3.63. The van der Waals surface area contributed by atoms with Gasteiger partial charge in [0.1, 0.15) is 5.75 Å². The van der Waals surface area contributed by atoms with Crippen LogP contribution in [0.15, 0.2) is 42.0 Å². The minimum absolute atomic E-state index is 0.0386. The standard InChI is InChI=1S/C22H26N6O4S2/c1-3-32-18-10-16(12-23-13-18)17-11-19(33-15-17)14-27-6-8-28(9-7-27)21-5-4-20(24-25-21)22(29)26-34(2,30)31/h4-5,10-13,15H,3,6-9,14H2,1-2H3,(H,26,29). The summed E-state index contributed by atoms with van der Waals surface area (Å²) in [6, 6.07) is 7.39. The summed E-state index contributed by atoms with van der Waals surface area (Å²) in [6.07, 6.45) is 4.49. The van der Waals surface area contributed by atoms with Crippen molar-refractivity contribution in [3.63, 3.8) is 0 Å². The third-order valence-electron chi connectivity index (χ3n) is 5.25. The molecule has 3 aromatic rings. The molecule has 0 aromatic carbocycles. The van der Waals surface area contributed by atoms with Crippen molar-refractivity contribution in [1.82, 2.24) is 24.8 Å². The van der Waals surface area contributed by atoms with Gasteiger partial charge < -0.3 is 9.64 Å². The quantitative estimate of drug-likeness (QED) is 0.493. The van der Waals surface area contributed by atoms with E-state index in [9.17, 15) is 13.2 Å². The highest BCUT2D eigenvalue weighted by Gasteiger charge is 2.20. The third kappa shape index (κ3) is 6.27. The fraction of sp³-hybridized carbons (Fsp3) is 0.364. The maximum atomic E-state index is 11.9. The lowest BCUT2D eigenvalue weighted by atomic mass is 10.1. The van der Waals surface area contributed by atoms with E-state index in [1.807, 2.05) is 23.9 Å². The Kier molecular flexibility index (Phi) is 7.39. The van der Waals surface area contributed by atoms with Crippen molar-refractivity contribution in [3.8, 4) is 16.9 Å². The number of hydrogen-bond donors (Lipinski definition) is 1. The van der Waals surface area contributed by atoms with Gasteiger partial charge in [-0.25, -0.2) is 13.1 Å². The Labute approximate surface area is 202 Å². The fourth-order valence-corrected chi connectivity index (χ4v) is 5.00. The number of carbonyl (C=O) groups is 1. The summed E-state index contributed by atoms with van der Waals surface area (Å²) in [6.45, 7) is 6.73. The number of sulfonamides is 1. The number of amides is 1. The van der Waals surface area contributed by atoms with Gasteiger partial charge >= 0.3 is 0 Å². The summed E-state index contributed by atoms with van der Waals surface area (Å²) in [7, 11) is -3.64. The van der Waals surface area contributed by atoms with E-state index < -0.39 is 15.9 Å². The Morgan fingerprint density at radius 1 is 1.12 bits per heavy atom. The average molecular weight is 503 g/mol. The third-order valence-corrected chi connectivity index (χ3v) is 6.73. The van der Waals surface area contributed by atoms with Crippen LogP contribution in [0.4, 0.5) is 5.82 Å². The lowest BCUT2D eigenvalue weighted by Gasteiger charge is -2.34. The molecule has 12 heteroatoms. The van der Waals surface area contributed by atoms with Crippen LogP contribution in [0.5, 0.6) is 5.75 Å². The van der Waals surface area contributed by atoms with Gasteiger partial charge in [-0.3, -0.25) is 14.7 Å². The molecule has 0 spiro atoms. The molecule has 4 rings (SSSR count). The van der Waals surface area contributed by atoms with Crippen LogP contribution in [-0.2, 0) is 16.6 Å². The summed E-state index contributed by atoms with van der Waals surface area (Å²) >= 11 is 1.74. The van der Waals surface area contributed by atoms with E-state index in [1.54, 1.807) is 23.6 Å². The Hall–Kier alpha value is -3.09. The van der Waals surface area contributed by atoms with Crippen LogP contribution < -0.4 is 14.4 Å². The van der Waals surface area contributed by atoms with Crippen molar-refractivity contribution < 1.29 is 17.9 Å². The Balaban J connectivity index is 1.31. The van der Waals surface area contributed by atoms with Gasteiger partial charge in [-0.15, -0.1) is 21.5 Å². The molecule has 0 radical (unpaired) electrons. The number of pyridine rings is 1. The summed E-state index contributed by atoms with van der Waals surface area (Å²) < 4.78 is 29.8. The molecular weight excluding hydrogens is 476 g/mol. The number of aromatic nitrogens is 3. The van der Waals surface area contributed by atoms with E-state index in [2.05, 4.69) is 36.4 Å². The summed E-state index contributed by atoms with van der Waals surface area (Å²) in [5, 5.41) is 10.1. The number of hydrogen-bond acceptors (Lipinski definition) is 10. The lowest BCUT2D eigenvalue weighted by Crippen LogP contribution is -2.46. The first-order chi connectivity index (χ1) is 16.3. The molecule has 1 fully saturated rings. The Morgan fingerprint density at radius 2 is 1.91 bits per heavy atom. The molecule has 0 saturated carbocycles. The van der Waals surface area contributed by atoms with Crippen molar-refractivity contribution in [2.24, 2.45) is 0 Å². The van der Waals surface area contributed by atoms with E-state index in [1.165, 1.54) is 10.9 Å². The number of carbonyl (C=O) groups excluding carboxylic acids is 1. The van der Waals surface area contributed by atoms with Gasteiger partial charge in [-0.05, 0) is 42.1 Å². The molecular formula is C22H26N6O4S2. The topological polar surface area (TPSA) is 118 Å². The number of rotatable bonds is 8. The van der Waals surface area contributed by atoms with Gasteiger partial charge in [-0.2, -0.15) is 0 Å². The predicted octanol–water partition coefficient (Wildman–Crippen LogP) is 2.01. The highest BCUT2D eigenvalue weighted by Crippen LogP contribution is 2.28. The lowest BCUT2D eigenvalue weighted by molar-refractivity contribution is 0.0976. The van der Waals surface area contributed by atoms with E-state index >= 15 is 0 Å². The van der Waals surface area contributed by atoms with E-state index in [-0.39, 0.29) is 5.69 Å². The Bertz CT molecular complexity index is 1240. The van der Waals surface area contributed by atoms with Crippen LogP contribution in [0.3, 0.4) is 0 Å². The van der Waals surface area contributed by atoms with Gasteiger partial charge in [0.25, 0.3) is 5.91 Å². The molecule has 3 aromatic heterocycles. The van der Waals surface area contributed by atoms with Crippen molar-refractivity contribution in [3.05, 3.63) is 52.6 Å². The maximum Gasteiger partial charge on any atom is 0.285 e. The zero-order valence-electron chi connectivity index (χ0n) is 19.0. The second-order valence-electron chi connectivity index (χ2n) is 7.89. The average Bonchev–Trinajstić information content (AvgIpc) is 3.28. The number of thiophene rings is 1. The second-order valence-corrected chi connectivity index (χ2v) is 10.6. The zero-order chi connectivity index (χ0) is 24.1. The first-order valence-electron chi connectivity index (χ1n) is 10.8. The van der Waals surface area contributed by atoms with Gasteiger partial charge in [0.2, 0.25) is 10.0 Å². The number of piperazine rings is 1. The van der Waals surface area contributed by atoms with Crippen LogP contribution in [0.1, 0.15) is 22.3 Å². The van der Waals surface area contributed by atoms with E-state index in [0.29, 0.717) is 12.4 Å². The van der Waals surface area contributed by atoms with Crippen molar-refractivity contribution in [2.75, 3.05) is 43.9 Å². The molecule has 10 nitrogen and oxygen atoms in total. The number of ether oxygens (including phenoxy) is 1. The zero-order valence-corrected chi connectivity index (χ0v) is 20.6. The van der Waals surface area contributed by atoms with Gasteiger partial charge in [0, 0.05) is 49.4 Å². The normalized spacial score (nSPS) is 14.7. The molecule has 1 amide bonds. The monoisotopic (exact) mass is 502 g/mol. The summed E-state index contributed by atoms with van der Waals surface area (Å²) in [4.78, 5) is 21.9. The SMILES string of the molecule is CCOc1cncc(-c2csc(CN3CCN(c4ccc(C(=O)NS(C)(=O)=O)nn4)CC3)c2)c1. The minimum Gasteiger partial charge on any atom is -0.492 e. The smallest absolute Gasteiger partial charge is 0.285 e. The van der Waals surface area contributed by atoms with E-state index in [4.69, 9.17) is 4.74 Å². The van der Waals surface area contributed by atoms with Gasteiger partial charge in [-0.1, -0.05) is 0 Å². The molecule has 0 unspecified atom stereocenters. The molecule has 0 aliphatic carbocycles. The molecule has 180 valence electrons. The largest absolute Gasteiger partial charge is 0.492 e. The second kappa shape index (κ2) is 10.5. The number of anilines is 1. The van der Waals surface area contributed by atoms with Crippen LogP contribution in [-0.4, -0.2) is 73.4 Å². The predicted molar refractivity (Wildman–Crippen MR) is 131 cm³/mol. The minimum atomic E-state index is -3.64. The van der Waals surface area contributed by atoms with Gasteiger partial charge in [0.05, 0.1) is 19.1 Å². The molecule has 0 atom stereocenters. The molecule has 34 heavy (non-hydrogen) atoms. The first kappa shape index (κ1) is 24.0. The number of nitrogens with one attached hydrogen (secondary N) is 1. The van der Waals surface area contributed by atoms with Crippen LogP contribution in [0, 0.1) is 0 Å². The maximum absolute atomic E-state index is 11.9. The molecule has 4 heterocycles. The molecule has 1 aliphatic rings. The number of nitrogens with zero attached hydrogens (tertiary/aromatic N) is 5. The van der Waals surface area contributed by atoms with Gasteiger partial charge in [0.15, 0.2) is 11.5 Å². The highest BCUT2D eigenvalue weighted by molar-refractivity contribution is 7.89. The molecule has 1 aliphatic heterocycles. The first-order valence-corrected chi connectivity index (χ1v) is 13.6. The molecule has 1 saturated heterocycles. The summed E-state index contributed by atoms with van der Waals surface area (Å²) in [5.41, 5.74) is 2.15. The highest BCUT2D eigenvalue weighted by atomic mass is 32.2. The Morgan fingerprint density at radius 3 is 2.59 bits per heavy atom. The summed E-state index contributed by atoms with van der Waals surface area (Å²) in [5.74, 6) is 0.647. The van der Waals surface area contributed by atoms with Crippen LogP contribution in [0.2, 0.25) is 0 Å².